The molecule has 0 aromatic carbocycles. The van der Waals surface area contributed by atoms with Gasteiger partial charge in [0.15, 0.2) is 0 Å². The van der Waals surface area contributed by atoms with Gasteiger partial charge in [-0.05, 0) is 13.8 Å². The molecule has 0 aliphatic carbocycles. The molecule has 0 saturated carbocycles. The molecule has 0 spiro atoms. The molecule has 62 valence electrons. The van der Waals surface area contributed by atoms with Crippen LogP contribution < -0.4 is 51.4 Å². The molecular weight excluding hydrogens is 175 g/mol. The Kier molecular flexibility index (Phi) is 12.1. The van der Waals surface area contributed by atoms with Crippen molar-refractivity contribution in [2.24, 2.45) is 0 Å². The van der Waals surface area contributed by atoms with Crippen LogP contribution in [-0.2, 0) is 14.3 Å². The quantitative estimate of drug-likeness (QED) is 0.385. The molecule has 0 aliphatic rings. The summed E-state index contributed by atoms with van der Waals surface area (Å²) in [5.41, 5.74) is 0. The summed E-state index contributed by atoms with van der Waals surface area (Å²) in [6.07, 6.45) is -1.10. The summed E-state index contributed by atoms with van der Waals surface area (Å²) in [7, 11) is 0. The zero-order chi connectivity index (χ0) is 7.98. The van der Waals surface area contributed by atoms with Crippen LogP contribution in [0.25, 0.3) is 0 Å². The summed E-state index contributed by atoms with van der Waals surface area (Å²) < 4.78 is 9.44. The second kappa shape index (κ2) is 9.12. The van der Waals surface area contributed by atoms with Crippen LogP contribution in [0.3, 0.4) is 0 Å². The van der Waals surface area contributed by atoms with E-state index >= 15 is 0 Å². The van der Waals surface area contributed by atoms with Gasteiger partial charge in [0.05, 0.1) is 0 Å². The first-order chi connectivity index (χ1) is 4.72. The molecule has 0 fully saturated rings. The second-order valence-electron chi connectivity index (χ2n) is 1.58. The molecule has 0 radical (unpaired) electrons. The number of carboxylic acids is 1. The molecule has 0 aromatic heterocycles. The van der Waals surface area contributed by atoms with Crippen molar-refractivity contribution in [3.63, 3.8) is 0 Å². The summed E-state index contributed by atoms with van der Waals surface area (Å²) >= 11 is 0. The van der Waals surface area contributed by atoms with E-state index < -0.39 is 12.3 Å². The Morgan fingerprint density at radius 1 is 1.45 bits per heavy atom. The van der Waals surface area contributed by atoms with Crippen LogP contribution in [0.15, 0.2) is 0 Å². The fourth-order valence-electron chi connectivity index (χ4n) is 0.493. The summed E-state index contributed by atoms with van der Waals surface area (Å²) in [6, 6.07) is 0. The number of carbonyl (C=O) groups is 1. The van der Waals surface area contributed by atoms with Gasteiger partial charge < -0.3 is 16.0 Å². The average Bonchev–Trinajstić information content (AvgIpc) is 1.87. The first-order valence-electron chi connectivity index (χ1n) is 3.18. The van der Waals surface area contributed by atoms with Crippen LogP contribution in [0.5, 0.6) is 0 Å². The molecule has 5 heteroatoms. The third kappa shape index (κ3) is 7.39. The van der Waals surface area contributed by atoms with E-state index in [1.165, 1.54) is 0 Å². The SMILES string of the molecule is CCOC(OCC)C(=O)O.[H-].[K+]. The summed E-state index contributed by atoms with van der Waals surface area (Å²) in [5.74, 6) is -1.08. The van der Waals surface area contributed by atoms with E-state index in [1.807, 2.05) is 0 Å². The van der Waals surface area contributed by atoms with Crippen molar-refractivity contribution in [1.82, 2.24) is 0 Å². The zero-order valence-corrected chi connectivity index (χ0v) is 10.3. The normalized spacial score (nSPS) is 9.36. The van der Waals surface area contributed by atoms with Crippen molar-refractivity contribution in [1.29, 1.82) is 0 Å². The van der Waals surface area contributed by atoms with Gasteiger partial charge >= 0.3 is 57.4 Å². The third-order valence-corrected chi connectivity index (χ3v) is 0.838. The van der Waals surface area contributed by atoms with Crippen LogP contribution >= 0.6 is 0 Å². The second-order valence-corrected chi connectivity index (χ2v) is 1.58. The minimum atomic E-state index is -1.10. The number of ether oxygens (including phenoxy) is 2. The standard InChI is InChI=1S/C6H12O4.K.H/c1-3-9-6(5(7)8)10-4-2;;/h6H,3-4H2,1-2H3,(H,7,8);;/q;+1;-1. The Morgan fingerprint density at radius 3 is 2.00 bits per heavy atom. The van der Waals surface area contributed by atoms with Crippen LogP contribution in [0.1, 0.15) is 15.3 Å². The van der Waals surface area contributed by atoms with Gasteiger partial charge in [-0.1, -0.05) is 0 Å². The third-order valence-electron chi connectivity index (χ3n) is 0.838. The van der Waals surface area contributed by atoms with Crippen LogP contribution in [0.4, 0.5) is 0 Å². The minimum absolute atomic E-state index is 0. The monoisotopic (exact) mass is 188 g/mol. The molecule has 0 bridgehead atoms. The summed E-state index contributed by atoms with van der Waals surface area (Å²) in [6.45, 7) is 4.12. The van der Waals surface area contributed by atoms with Gasteiger partial charge in [0, 0.05) is 13.2 Å². The Bertz CT molecular complexity index is 106. The van der Waals surface area contributed by atoms with Crippen molar-refractivity contribution in [3.05, 3.63) is 0 Å². The van der Waals surface area contributed by atoms with Gasteiger partial charge in [-0.2, -0.15) is 0 Å². The number of carboxylic acid groups (broad SMARTS) is 1. The molecule has 0 amide bonds. The van der Waals surface area contributed by atoms with Gasteiger partial charge in [0.1, 0.15) is 0 Å². The molecule has 4 nitrogen and oxygen atoms in total. The minimum Gasteiger partial charge on any atom is -1.00 e. The molecule has 11 heavy (non-hydrogen) atoms. The number of hydrogen-bond donors (Lipinski definition) is 1. The maximum Gasteiger partial charge on any atom is 1.00 e. The molecule has 0 atom stereocenters. The van der Waals surface area contributed by atoms with Crippen molar-refractivity contribution in [2.75, 3.05) is 13.2 Å². The molecular formula is C6H13KO4. The molecule has 0 heterocycles. The molecule has 0 aromatic rings. The van der Waals surface area contributed by atoms with E-state index in [2.05, 4.69) is 0 Å². The topological polar surface area (TPSA) is 55.8 Å². The molecule has 1 N–H and O–H groups in total. The number of hydrogen-bond acceptors (Lipinski definition) is 3. The van der Waals surface area contributed by atoms with Crippen LogP contribution in [0, 0.1) is 0 Å². The van der Waals surface area contributed by atoms with Gasteiger partial charge in [-0.15, -0.1) is 0 Å². The smallest absolute Gasteiger partial charge is 1.00 e. The maximum atomic E-state index is 10.2. The fourth-order valence-corrected chi connectivity index (χ4v) is 0.493. The average molecular weight is 188 g/mol. The van der Waals surface area contributed by atoms with Gasteiger partial charge in [-0.25, -0.2) is 4.79 Å². The van der Waals surface area contributed by atoms with Crippen LogP contribution in [0.2, 0.25) is 0 Å². The number of rotatable bonds is 5. The van der Waals surface area contributed by atoms with E-state index in [1.54, 1.807) is 13.8 Å². The predicted molar refractivity (Wildman–Crippen MR) is 35.8 cm³/mol. The maximum absolute atomic E-state index is 10.2. The number of aliphatic carboxylic acids is 1. The van der Waals surface area contributed by atoms with Crippen molar-refractivity contribution in [2.45, 2.75) is 20.1 Å². The zero-order valence-electron chi connectivity index (χ0n) is 8.16. The van der Waals surface area contributed by atoms with Crippen molar-refractivity contribution < 1.29 is 72.2 Å². The predicted octanol–water partition coefficient (Wildman–Crippen LogP) is -2.41. The Labute approximate surface area is 110 Å². The van der Waals surface area contributed by atoms with E-state index in [-0.39, 0.29) is 52.8 Å². The van der Waals surface area contributed by atoms with E-state index in [9.17, 15) is 4.79 Å². The Morgan fingerprint density at radius 2 is 1.82 bits per heavy atom. The van der Waals surface area contributed by atoms with Crippen molar-refractivity contribution >= 4 is 5.97 Å². The molecule has 0 saturated heterocycles. The molecule has 0 rings (SSSR count). The molecule has 0 aliphatic heterocycles. The Balaban J connectivity index is -0.000000405. The van der Waals surface area contributed by atoms with Crippen molar-refractivity contribution in [3.8, 4) is 0 Å². The largest absolute Gasteiger partial charge is 1.00 e. The van der Waals surface area contributed by atoms with E-state index in [4.69, 9.17) is 14.6 Å². The first kappa shape index (κ1) is 14.5. The summed E-state index contributed by atoms with van der Waals surface area (Å²) in [5, 5.41) is 8.39. The first-order valence-corrected chi connectivity index (χ1v) is 3.18. The fraction of sp³-hybridized carbons (Fsp3) is 0.833. The molecule has 0 unspecified atom stereocenters. The summed E-state index contributed by atoms with van der Waals surface area (Å²) in [4.78, 5) is 10.2. The van der Waals surface area contributed by atoms with E-state index in [0.717, 1.165) is 0 Å². The van der Waals surface area contributed by atoms with Gasteiger partial charge in [-0.3, -0.25) is 0 Å². The Hall–Kier alpha value is 1.03. The van der Waals surface area contributed by atoms with Gasteiger partial charge in [0.25, 0.3) is 6.29 Å². The van der Waals surface area contributed by atoms with Crippen LogP contribution in [-0.4, -0.2) is 30.6 Å². The van der Waals surface area contributed by atoms with Gasteiger partial charge in [0.2, 0.25) is 0 Å². The van der Waals surface area contributed by atoms with E-state index in [0.29, 0.717) is 13.2 Å².